The molecule has 1 heterocycles. The van der Waals surface area contributed by atoms with Gasteiger partial charge in [0.05, 0.1) is 6.54 Å². The van der Waals surface area contributed by atoms with Gasteiger partial charge >= 0.3 is 6.03 Å². The fraction of sp³-hybridized carbons (Fsp3) is 0.571. The van der Waals surface area contributed by atoms with Gasteiger partial charge in [-0.3, -0.25) is 5.10 Å². The molecule has 0 spiro atoms. The van der Waals surface area contributed by atoms with Crippen LogP contribution in [-0.4, -0.2) is 27.3 Å². The van der Waals surface area contributed by atoms with Crippen LogP contribution < -0.4 is 16.4 Å². The van der Waals surface area contributed by atoms with Crippen LogP contribution in [0.25, 0.3) is 0 Å². The van der Waals surface area contributed by atoms with Crippen LogP contribution in [0.1, 0.15) is 18.7 Å². The molecule has 5 N–H and O–H groups in total. The quantitative estimate of drug-likeness (QED) is 0.515. The molecule has 7 heteroatoms. The molecule has 1 aromatic heterocycles. The van der Waals surface area contributed by atoms with E-state index in [1.54, 1.807) is 0 Å². The first-order valence-electron chi connectivity index (χ1n) is 4.45. The number of amides is 2. The molecule has 1 fully saturated rings. The minimum atomic E-state index is -0.178. The molecule has 0 unspecified atom stereocenters. The maximum atomic E-state index is 11.2. The zero-order valence-electron chi connectivity index (χ0n) is 7.58. The lowest BCUT2D eigenvalue weighted by Crippen LogP contribution is -2.36. The number of nitrogens with one attached hydrogen (secondary N) is 3. The largest absolute Gasteiger partial charge is 0.367 e. The van der Waals surface area contributed by atoms with Gasteiger partial charge in [0.1, 0.15) is 5.82 Å². The van der Waals surface area contributed by atoms with Crippen molar-refractivity contribution in [2.24, 2.45) is 0 Å². The lowest BCUT2D eigenvalue weighted by atomic mass is 10.6. The van der Waals surface area contributed by atoms with E-state index in [1.807, 2.05) is 0 Å². The number of nitrogen functional groups attached to an aromatic ring is 1. The molecule has 1 aromatic rings. The van der Waals surface area contributed by atoms with Crippen molar-refractivity contribution in [3.8, 4) is 0 Å². The second kappa shape index (κ2) is 3.52. The number of anilines is 1. The van der Waals surface area contributed by atoms with Crippen LogP contribution in [0.2, 0.25) is 0 Å². The predicted octanol–water partition coefficient (Wildman–Crippen LogP) is -0.652. The number of nitrogens with two attached hydrogens (primary N) is 1. The first-order chi connectivity index (χ1) is 6.74. The molecule has 76 valence electrons. The molecule has 7 nitrogen and oxygen atoms in total. The number of carbonyl (C=O) groups is 1. The van der Waals surface area contributed by atoms with Crippen LogP contribution in [0.4, 0.5) is 10.7 Å². The number of hydrogen-bond donors (Lipinski definition) is 4. The molecule has 0 aromatic carbocycles. The second-order valence-electron chi connectivity index (χ2n) is 3.24. The fourth-order valence-corrected chi connectivity index (χ4v) is 1.02. The maximum absolute atomic E-state index is 11.2. The Morgan fingerprint density at radius 2 is 2.43 bits per heavy atom. The summed E-state index contributed by atoms with van der Waals surface area (Å²) in [5.74, 6) is 0.734. The van der Waals surface area contributed by atoms with Gasteiger partial charge in [-0.25, -0.2) is 4.79 Å². The fourth-order valence-electron chi connectivity index (χ4n) is 1.02. The minimum Gasteiger partial charge on any atom is -0.367 e. The van der Waals surface area contributed by atoms with Crippen molar-refractivity contribution < 1.29 is 4.79 Å². The highest BCUT2D eigenvalue weighted by Crippen LogP contribution is 2.18. The Morgan fingerprint density at radius 3 is 3.00 bits per heavy atom. The third kappa shape index (κ3) is 2.35. The second-order valence-corrected chi connectivity index (χ2v) is 3.24. The third-order valence-corrected chi connectivity index (χ3v) is 1.88. The van der Waals surface area contributed by atoms with Gasteiger partial charge in [0.25, 0.3) is 0 Å². The summed E-state index contributed by atoms with van der Waals surface area (Å²) in [6, 6.07) is 0.178. The number of urea groups is 1. The number of nitrogens with zero attached hydrogens (tertiary/aromatic N) is 2. The van der Waals surface area contributed by atoms with E-state index >= 15 is 0 Å². The third-order valence-electron chi connectivity index (χ3n) is 1.88. The normalized spacial score (nSPS) is 15.1. The molecule has 2 amide bonds. The van der Waals surface area contributed by atoms with Gasteiger partial charge in [-0.1, -0.05) is 0 Å². The summed E-state index contributed by atoms with van der Waals surface area (Å²) in [4.78, 5) is 15.0. The molecule has 0 atom stereocenters. The zero-order valence-corrected chi connectivity index (χ0v) is 7.58. The Kier molecular flexibility index (Phi) is 2.21. The number of hydrogen-bond acceptors (Lipinski definition) is 4. The average Bonchev–Trinajstić information content (AvgIpc) is 2.85. The van der Waals surface area contributed by atoms with Gasteiger partial charge in [-0.05, 0) is 12.8 Å². The monoisotopic (exact) mass is 196 g/mol. The molecule has 2 rings (SSSR count). The molecular formula is C7H12N6O. The van der Waals surface area contributed by atoms with Crippen LogP contribution in [0.15, 0.2) is 0 Å². The van der Waals surface area contributed by atoms with Crippen molar-refractivity contribution in [1.29, 1.82) is 0 Å². The van der Waals surface area contributed by atoms with E-state index in [0.717, 1.165) is 12.8 Å². The molecule has 14 heavy (non-hydrogen) atoms. The Balaban J connectivity index is 1.73. The summed E-state index contributed by atoms with van der Waals surface area (Å²) in [7, 11) is 0. The van der Waals surface area contributed by atoms with E-state index in [0.29, 0.717) is 18.4 Å². The van der Waals surface area contributed by atoms with Gasteiger partial charge in [-0.15, -0.1) is 5.10 Å². The SMILES string of the molecule is Nc1n[nH]c(CNC(=O)NC2CC2)n1. The number of aromatic nitrogens is 3. The van der Waals surface area contributed by atoms with E-state index in [2.05, 4.69) is 25.8 Å². The number of H-pyrrole nitrogens is 1. The molecule has 1 aliphatic rings. The summed E-state index contributed by atoms with van der Waals surface area (Å²) < 4.78 is 0. The van der Waals surface area contributed by atoms with Gasteiger partial charge < -0.3 is 16.4 Å². The average molecular weight is 196 g/mol. The molecule has 0 aliphatic heterocycles. The van der Waals surface area contributed by atoms with Gasteiger partial charge in [0, 0.05) is 6.04 Å². The Morgan fingerprint density at radius 1 is 1.64 bits per heavy atom. The first-order valence-corrected chi connectivity index (χ1v) is 4.45. The topological polar surface area (TPSA) is 109 Å². The standard InChI is InChI=1S/C7H12N6O/c8-6-11-5(12-13-6)3-9-7(14)10-4-1-2-4/h4H,1-3H2,(H2,9,10,14)(H3,8,11,12,13). The van der Waals surface area contributed by atoms with Crippen LogP contribution in [0.5, 0.6) is 0 Å². The number of rotatable bonds is 3. The van der Waals surface area contributed by atoms with Crippen LogP contribution >= 0.6 is 0 Å². The first kappa shape index (κ1) is 8.79. The number of carbonyl (C=O) groups excluding carboxylic acids is 1. The van der Waals surface area contributed by atoms with E-state index in [1.165, 1.54) is 0 Å². The van der Waals surface area contributed by atoms with E-state index in [9.17, 15) is 4.79 Å². The summed E-state index contributed by atoms with van der Waals surface area (Å²) in [5.41, 5.74) is 5.29. The Bertz CT molecular complexity index is 331. The van der Waals surface area contributed by atoms with Crippen LogP contribution in [0.3, 0.4) is 0 Å². The molecular weight excluding hydrogens is 184 g/mol. The van der Waals surface area contributed by atoms with E-state index in [4.69, 9.17) is 5.73 Å². The summed E-state index contributed by atoms with van der Waals surface area (Å²) >= 11 is 0. The zero-order chi connectivity index (χ0) is 9.97. The minimum absolute atomic E-state index is 0.178. The van der Waals surface area contributed by atoms with Crippen molar-refractivity contribution in [2.75, 3.05) is 5.73 Å². The van der Waals surface area contributed by atoms with Crippen molar-refractivity contribution >= 4 is 12.0 Å². The smallest absolute Gasteiger partial charge is 0.315 e. The summed E-state index contributed by atoms with van der Waals surface area (Å²) in [5, 5.41) is 11.7. The maximum Gasteiger partial charge on any atom is 0.315 e. The van der Waals surface area contributed by atoms with Crippen molar-refractivity contribution in [3.05, 3.63) is 5.82 Å². The van der Waals surface area contributed by atoms with Gasteiger partial charge in [-0.2, -0.15) is 4.98 Å². The van der Waals surface area contributed by atoms with Crippen LogP contribution in [-0.2, 0) is 6.54 Å². The molecule has 0 bridgehead atoms. The van der Waals surface area contributed by atoms with E-state index < -0.39 is 0 Å². The number of aromatic amines is 1. The van der Waals surface area contributed by atoms with Crippen molar-refractivity contribution in [3.63, 3.8) is 0 Å². The van der Waals surface area contributed by atoms with E-state index in [-0.39, 0.29) is 12.0 Å². The van der Waals surface area contributed by atoms with Gasteiger partial charge in [0.15, 0.2) is 0 Å². The van der Waals surface area contributed by atoms with Crippen LogP contribution in [0, 0.1) is 0 Å². The molecule has 1 aliphatic carbocycles. The Hall–Kier alpha value is -1.79. The highest BCUT2D eigenvalue weighted by atomic mass is 16.2. The molecule has 0 saturated heterocycles. The predicted molar refractivity (Wildman–Crippen MR) is 49.2 cm³/mol. The highest BCUT2D eigenvalue weighted by Gasteiger charge is 2.22. The van der Waals surface area contributed by atoms with Crippen molar-refractivity contribution in [1.82, 2.24) is 25.8 Å². The summed E-state index contributed by atoms with van der Waals surface area (Å²) in [6.07, 6.45) is 2.14. The van der Waals surface area contributed by atoms with Gasteiger partial charge in [0.2, 0.25) is 5.95 Å². The summed E-state index contributed by atoms with van der Waals surface area (Å²) in [6.45, 7) is 0.308. The molecule has 0 radical (unpaired) electrons. The Labute approximate surface area is 80.5 Å². The lowest BCUT2D eigenvalue weighted by Gasteiger charge is -2.03. The highest BCUT2D eigenvalue weighted by molar-refractivity contribution is 5.74. The molecule has 1 saturated carbocycles. The lowest BCUT2D eigenvalue weighted by molar-refractivity contribution is 0.240. The van der Waals surface area contributed by atoms with Crippen molar-refractivity contribution in [2.45, 2.75) is 25.4 Å².